The molecular weight excluding hydrogens is 492 g/mol. The van der Waals surface area contributed by atoms with Crippen molar-refractivity contribution >= 4 is 22.2 Å². The fourth-order valence-corrected chi connectivity index (χ4v) is 4.73. The van der Waals surface area contributed by atoms with Gasteiger partial charge in [-0.3, -0.25) is 9.78 Å². The maximum atomic E-state index is 13.4. The van der Waals surface area contributed by atoms with Crippen LogP contribution in [0.2, 0.25) is 0 Å². The molecule has 0 amide bonds. The Balaban J connectivity index is 1.37. The molecule has 1 aliphatic rings. The van der Waals surface area contributed by atoms with Gasteiger partial charge in [-0.25, -0.2) is 4.68 Å². The molecule has 11 heteroatoms. The Kier molecular flexibility index (Phi) is 7.04. The Morgan fingerprint density at radius 3 is 2.49 bits per heavy atom. The van der Waals surface area contributed by atoms with Crippen LogP contribution < -0.4 is 24.7 Å². The van der Waals surface area contributed by atoms with E-state index in [0.717, 1.165) is 34.2 Å². The molecule has 3 aromatic heterocycles. The van der Waals surface area contributed by atoms with E-state index in [2.05, 4.69) is 20.3 Å². The van der Waals surface area contributed by atoms with E-state index in [9.17, 15) is 4.79 Å². The van der Waals surface area contributed by atoms with Gasteiger partial charge in [0.05, 0.1) is 33.6 Å². The molecule has 10 nitrogen and oxygen atoms in total. The van der Waals surface area contributed by atoms with E-state index >= 15 is 0 Å². The zero-order chi connectivity index (χ0) is 25.9. The van der Waals surface area contributed by atoms with E-state index < -0.39 is 0 Å². The zero-order valence-electron chi connectivity index (χ0n) is 21.1. The van der Waals surface area contributed by atoms with Crippen LogP contribution in [-0.2, 0) is 6.54 Å². The van der Waals surface area contributed by atoms with Crippen molar-refractivity contribution in [2.24, 2.45) is 5.92 Å². The van der Waals surface area contributed by atoms with Crippen LogP contribution in [0.5, 0.6) is 17.4 Å². The van der Waals surface area contributed by atoms with Gasteiger partial charge in [0.2, 0.25) is 11.0 Å². The average molecular weight is 521 g/mol. The summed E-state index contributed by atoms with van der Waals surface area (Å²) in [5.41, 5.74) is 2.11. The number of nitrogens with zero attached hydrogens (tertiary/aromatic N) is 6. The highest BCUT2D eigenvalue weighted by molar-refractivity contribution is 7.15. The average Bonchev–Trinajstić information content (AvgIpc) is 3.58. The van der Waals surface area contributed by atoms with Crippen LogP contribution in [0.25, 0.3) is 0 Å². The molecule has 0 N–H and O–H groups in total. The van der Waals surface area contributed by atoms with Gasteiger partial charge in [-0.05, 0) is 43.2 Å². The molecule has 1 saturated carbocycles. The highest BCUT2D eigenvalue weighted by Crippen LogP contribution is 2.47. The van der Waals surface area contributed by atoms with Crippen LogP contribution in [0.15, 0.2) is 53.5 Å². The summed E-state index contributed by atoms with van der Waals surface area (Å²) in [5.74, 6) is 2.53. The van der Waals surface area contributed by atoms with Crippen LogP contribution in [0, 0.1) is 12.8 Å². The van der Waals surface area contributed by atoms with Crippen molar-refractivity contribution in [1.82, 2.24) is 25.0 Å². The van der Waals surface area contributed by atoms with E-state index in [1.165, 1.54) is 16.0 Å². The molecule has 0 bridgehead atoms. The lowest BCUT2D eigenvalue weighted by atomic mass is 10.2. The molecule has 2 atom stereocenters. The van der Waals surface area contributed by atoms with Crippen molar-refractivity contribution in [1.29, 1.82) is 0 Å². The Morgan fingerprint density at radius 1 is 1.08 bits per heavy atom. The third-order valence-corrected chi connectivity index (χ3v) is 7.25. The van der Waals surface area contributed by atoms with Gasteiger partial charge in [0, 0.05) is 30.6 Å². The van der Waals surface area contributed by atoms with Crippen LogP contribution in [0.1, 0.15) is 28.6 Å². The highest BCUT2D eigenvalue weighted by atomic mass is 32.1. The molecule has 5 rings (SSSR count). The van der Waals surface area contributed by atoms with Crippen LogP contribution >= 0.6 is 11.3 Å². The van der Waals surface area contributed by atoms with Crippen molar-refractivity contribution < 1.29 is 14.2 Å². The molecule has 0 spiro atoms. The van der Waals surface area contributed by atoms with Crippen molar-refractivity contribution in [2.75, 3.05) is 32.8 Å². The van der Waals surface area contributed by atoms with Gasteiger partial charge < -0.3 is 19.1 Å². The number of anilines is 2. The van der Waals surface area contributed by atoms with Gasteiger partial charge in [0.1, 0.15) is 22.2 Å². The van der Waals surface area contributed by atoms with Gasteiger partial charge in [-0.1, -0.05) is 23.5 Å². The van der Waals surface area contributed by atoms with Crippen LogP contribution in [0.3, 0.4) is 0 Å². The summed E-state index contributed by atoms with van der Waals surface area (Å²) in [5, 5.41) is 14.2. The fraction of sp³-hybridized carbons (Fsp3) is 0.346. The molecular formula is C26H28N6O4S. The smallest absolute Gasteiger partial charge is 0.291 e. The number of hydrogen-bond donors (Lipinski definition) is 0. The minimum absolute atomic E-state index is 0.245. The second kappa shape index (κ2) is 10.6. The zero-order valence-corrected chi connectivity index (χ0v) is 21.9. The van der Waals surface area contributed by atoms with E-state index in [1.807, 2.05) is 43.3 Å². The molecule has 0 unspecified atom stereocenters. The molecule has 37 heavy (non-hydrogen) atoms. The summed E-state index contributed by atoms with van der Waals surface area (Å²) in [4.78, 5) is 19.7. The molecule has 4 aromatic rings. The summed E-state index contributed by atoms with van der Waals surface area (Å²) in [6.07, 6.45) is 2.72. The Hall–Kier alpha value is -3.99. The predicted octanol–water partition coefficient (Wildman–Crippen LogP) is 3.81. The number of hydrogen-bond acceptors (Lipinski definition) is 10. The molecule has 0 radical (unpaired) electrons. The van der Waals surface area contributed by atoms with Crippen molar-refractivity contribution in [3.05, 3.63) is 75.3 Å². The SMILES string of the molecule is COc1ccc(Cn2nc(OC[C@H]3C[C@@H]3c3ccc(OC)cn3)cc(N(C)c3nnc(C)s3)c2=O)cc1. The number of aryl methyl sites for hydroxylation is 1. The Bertz CT molecular complexity index is 1420. The van der Waals surface area contributed by atoms with Crippen molar-refractivity contribution in [3.63, 3.8) is 0 Å². The fourth-order valence-electron chi connectivity index (χ4n) is 4.07. The first kappa shape index (κ1) is 24.7. The first-order chi connectivity index (χ1) is 17.9. The molecule has 1 fully saturated rings. The van der Waals surface area contributed by atoms with Gasteiger partial charge in [0.15, 0.2) is 0 Å². The molecule has 0 saturated heterocycles. The first-order valence-corrected chi connectivity index (χ1v) is 12.7. The minimum atomic E-state index is -0.245. The van der Waals surface area contributed by atoms with E-state index in [1.54, 1.807) is 38.4 Å². The summed E-state index contributed by atoms with van der Waals surface area (Å²) in [7, 11) is 5.04. The van der Waals surface area contributed by atoms with E-state index in [0.29, 0.717) is 35.1 Å². The predicted molar refractivity (Wildman–Crippen MR) is 140 cm³/mol. The number of pyridine rings is 1. The minimum Gasteiger partial charge on any atom is -0.497 e. The quantitative estimate of drug-likeness (QED) is 0.309. The van der Waals surface area contributed by atoms with Gasteiger partial charge in [-0.2, -0.15) is 0 Å². The van der Waals surface area contributed by atoms with Crippen LogP contribution in [0.4, 0.5) is 10.8 Å². The molecule has 3 heterocycles. The Morgan fingerprint density at radius 2 is 1.84 bits per heavy atom. The van der Waals surface area contributed by atoms with E-state index in [-0.39, 0.29) is 12.1 Å². The third kappa shape index (κ3) is 5.56. The maximum Gasteiger partial charge on any atom is 0.291 e. The van der Waals surface area contributed by atoms with Gasteiger partial charge in [0.25, 0.3) is 5.56 Å². The van der Waals surface area contributed by atoms with Crippen molar-refractivity contribution in [2.45, 2.75) is 25.8 Å². The molecule has 192 valence electrons. The van der Waals surface area contributed by atoms with Gasteiger partial charge in [-0.15, -0.1) is 15.3 Å². The molecule has 0 aliphatic heterocycles. The second-order valence-electron chi connectivity index (χ2n) is 8.88. The van der Waals surface area contributed by atoms with Crippen molar-refractivity contribution in [3.8, 4) is 17.4 Å². The normalized spacial score (nSPS) is 16.3. The van der Waals surface area contributed by atoms with Crippen LogP contribution in [-0.4, -0.2) is 52.8 Å². The number of methoxy groups -OCH3 is 2. The number of ether oxygens (including phenoxy) is 3. The summed E-state index contributed by atoms with van der Waals surface area (Å²) >= 11 is 1.41. The highest BCUT2D eigenvalue weighted by Gasteiger charge is 2.40. The monoisotopic (exact) mass is 520 g/mol. The summed E-state index contributed by atoms with van der Waals surface area (Å²) in [6, 6.07) is 13.1. The lowest BCUT2D eigenvalue weighted by Gasteiger charge is -2.17. The summed E-state index contributed by atoms with van der Waals surface area (Å²) < 4.78 is 18.0. The lowest BCUT2D eigenvalue weighted by Crippen LogP contribution is -2.29. The van der Waals surface area contributed by atoms with Gasteiger partial charge >= 0.3 is 0 Å². The number of rotatable bonds is 10. The third-order valence-electron chi connectivity index (χ3n) is 6.33. The number of benzene rings is 1. The maximum absolute atomic E-state index is 13.4. The molecule has 1 aromatic carbocycles. The number of aromatic nitrogens is 5. The first-order valence-electron chi connectivity index (χ1n) is 11.9. The van der Waals surface area contributed by atoms with E-state index in [4.69, 9.17) is 14.2 Å². The molecule has 1 aliphatic carbocycles. The Labute approximate surface area is 218 Å². The standard InChI is InChI=1S/C26H28N6O4S/c1-16-28-29-26(37-16)31(2)23-12-24(30-32(25(23)33)14-17-5-7-19(34-3)8-6-17)36-15-18-11-21(18)22-10-9-20(35-4)13-27-22/h5-10,12-13,18,21H,11,14-15H2,1-4H3/t18-,21+/m1/s1. The summed E-state index contributed by atoms with van der Waals surface area (Å²) in [6.45, 7) is 2.65. The topological polar surface area (TPSA) is 104 Å². The largest absolute Gasteiger partial charge is 0.497 e. The lowest BCUT2D eigenvalue weighted by molar-refractivity contribution is 0.277. The second-order valence-corrected chi connectivity index (χ2v) is 10.0.